The van der Waals surface area contributed by atoms with Gasteiger partial charge in [0.05, 0.1) is 14.6 Å². The van der Waals surface area contributed by atoms with Crippen molar-refractivity contribution in [3.8, 4) is 5.75 Å². The molecule has 2 aliphatic rings. The van der Waals surface area contributed by atoms with E-state index in [1.165, 1.54) is 30.6 Å². The van der Waals surface area contributed by atoms with Crippen molar-refractivity contribution in [2.24, 2.45) is 0 Å². The molecule has 31 heavy (non-hydrogen) atoms. The van der Waals surface area contributed by atoms with E-state index >= 15 is 0 Å². The molecule has 0 radical (unpaired) electrons. The molecule has 0 spiro atoms. The summed E-state index contributed by atoms with van der Waals surface area (Å²) in [6.07, 6.45) is 7.24. The number of ether oxygens (including phenoxy) is 1. The van der Waals surface area contributed by atoms with Crippen LogP contribution in [0, 0.1) is 0 Å². The number of thiophene rings is 1. The Morgan fingerprint density at radius 3 is 2.74 bits per heavy atom. The van der Waals surface area contributed by atoms with Crippen LogP contribution in [0.5, 0.6) is 5.75 Å². The van der Waals surface area contributed by atoms with Gasteiger partial charge in [-0.2, -0.15) is 0 Å². The van der Waals surface area contributed by atoms with Gasteiger partial charge in [-0.05, 0) is 60.8 Å². The molecule has 1 atom stereocenters. The number of hydrogen-bond acceptors (Lipinski definition) is 6. The van der Waals surface area contributed by atoms with E-state index in [4.69, 9.17) is 9.72 Å². The summed E-state index contributed by atoms with van der Waals surface area (Å²) in [5.41, 5.74) is 0.0616. The van der Waals surface area contributed by atoms with Crippen molar-refractivity contribution >= 4 is 47.6 Å². The highest BCUT2D eigenvalue weighted by molar-refractivity contribution is 9.10. The fourth-order valence-corrected chi connectivity index (χ4v) is 6.53. The summed E-state index contributed by atoms with van der Waals surface area (Å²) in [6.45, 7) is 3.71. The second-order valence-corrected chi connectivity index (χ2v) is 10.5. The van der Waals surface area contributed by atoms with E-state index in [1.54, 1.807) is 0 Å². The zero-order valence-electron chi connectivity index (χ0n) is 17.6. The lowest BCUT2D eigenvalue weighted by Gasteiger charge is -2.28. The van der Waals surface area contributed by atoms with Gasteiger partial charge in [0, 0.05) is 24.9 Å². The van der Waals surface area contributed by atoms with Crippen LogP contribution in [0.1, 0.15) is 44.3 Å². The molecule has 1 N–H and O–H groups in total. The number of aliphatic hydroxyl groups excluding tert-OH is 1. The first kappa shape index (κ1) is 21.4. The minimum atomic E-state index is -0.547. The van der Waals surface area contributed by atoms with E-state index in [0.29, 0.717) is 17.7 Å². The monoisotopic (exact) mass is 505 g/mol. The van der Waals surface area contributed by atoms with Crippen molar-refractivity contribution in [3.05, 3.63) is 32.8 Å². The van der Waals surface area contributed by atoms with Crippen LogP contribution in [0.25, 0.3) is 20.3 Å². The highest BCUT2D eigenvalue weighted by Crippen LogP contribution is 2.41. The van der Waals surface area contributed by atoms with E-state index in [9.17, 15) is 9.90 Å². The second-order valence-electron chi connectivity index (χ2n) is 8.66. The normalized spacial score (nSPS) is 18.8. The quantitative estimate of drug-likeness (QED) is 0.558. The molecule has 0 aliphatic carbocycles. The Kier molecular flexibility index (Phi) is 6.32. The van der Waals surface area contributed by atoms with Crippen molar-refractivity contribution in [1.29, 1.82) is 0 Å². The van der Waals surface area contributed by atoms with Crippen molar-refractivity contribution in [2.45, 2.75) is 57.6 Å². The maximum atomic E-state index is 13.3. The van der Waals surface area contributed by atoms with Gasteiger partial charge >= 0.3 is 0 Å². The van der Waals surface area contributed by atoms with Gasteiger partial charge in [0.25, 0.3) is 5.56 Å². The SMILES string of the molecule is O=c1c2c(nc3n1CCCCC3)sc1c(OC[C@@H](O)CN3CCCCC3)c(Br)ccc12. The summed E-state index contributed by atoms with van der Waals surface area (Å²) in [5.74, 6) is 1.60. The molecule has 6 nitrogen and oxygen atoms in total. The van der Waals surface area contributed by atoms with E-state index in [2.05, 4.69) is 20.8 Å². The fourth-order valence-electron chi connectivity index (χ4n) is 4.77. The predicted octanol–water partition coefficient (Wildman–Crippen LogP) is 4.33. The molecule has 0 amide bonds. The van der Waals surface area contributed by atoms with E-state index < -0.39 is 6.10 Å². The number of β-amino-alcohol motifs (C(OH)–C–C–N with tert-alkyl or cyclic N) is 1. The lowest BCUT2D eigenvalue weighted by Crippen LogP contribution is -2.38. The lowest BCUT2D eigenvalue weighted by atomic mass is 10.1. The number of likely N-dealkylation sites (tertiary alicyclic amines) is 1. The highest BCUT2D eigenvalue weighted by Gasteiger charge is 2.21. The molecule has 4 heterocycles. The maximum Gasteiger partial charge on any atom is 0.262 e. The van der Waals surface area contributed by atoms with Crippen molar-refractivity contribution < 1.29 is 9.84 Å². The summed E-state index contributed by atoms with van der Waals surface area (Å²) in [7, 11) is 0. The van der Waals surface area contributed by atoms with Crippen LogP contribution in [-0.2, 0) is 13.0 Å². The zero-order chi connectivity index (χ0) is 21.4. The van der Waals surface area contributed by atoms with Crippen LogP contribution in [0.3, 0.4) is 0 Å². The van der Waals surface area contributed by atoms with Gasteiger partial charge in [-0.3, -0.25) is 9.36 Å². The summed E-state index contributed by atoms with van der Waals surface area (Å²) >= 11 is 5.12. The third kappa shape index (κ3) is 4.27. The number of nitrogens with zero attached hydrogens (tertiary/aromatic N) is 3. The Labute approximate surface area is 194 Å². The first-order chi connectivity index (χ1) is 15.1. The molecule has 0 bridgehead atoms. The van der Waals surface area contributed by atoms with Crippen LogP contribution in [0.4, 0.5) is 0 Å². The third-order valence-electron chi connectivity index (χ3n) is 6.37. The molecule has 1 fully saturated rings. The topological polar surface area (TPSA) is 67.6 Å². The summed E-state index contributed by atoms with van der Waals surface area (Å²) in [4.78, 5) is 21.3. The number of benzene rings is 1. The second kappa shape index (κ2) is 9.17. The molecule has 0 saturated carbocycles. The van der Waals surface area contributed by atoms with Crippen molar-refractivity contribution in [2.75, 3.05) is 26.2 Å². The van der Waals surface area contributed by atoms with Crippen molar-refractivity contribution in [3.63, 3.8) is 0 Å². The summed E-state index contributed by atoms with van der Waals surface area (Å²) in [6, 6.07) is 3.90. The van der Waals surface area contributed by atoms with Crippen LogP contribution in [0.15, 0.2) is 21.4 Å². The number of aromatic nitrogens is 2. The van der Waals surface area contributed by atoms with E-state index in [0.717, 1.165) is 70.5 Å². The average molecular weight is 506 g/mol. The fraction of sp³-hybridized carbons (Fsp3) is 0.565. The number of fused-ring (bicyclic) bond motifs is 4. The number of rotatable bonds is 5. The molecule has 0 unspecified atom stereocenters. The maximum absolute atomic E-state index is 13.3. The number of aryl methyl sites for hydroxylation is 1. The van der Waals surface area contributed by atoms with Crippen LogP contribution < -0.4 is 10.3 Å². The number of hydrogen-bond donors (Lipinski definition) is 1. The highest BCUT2D eigenvalue weighted by atomic mass is 79.9. The van der Waals surface area contributed by atoms with Crippen molar-refractivity contribution in [1.82, 2.24) is 14.5 Å². The Morgan fingerprint density at radius 2 is 1.90 bits per heavy atom. The number of halogens is 1. The molecular formula is C23H28BrN3O3S. The van der Waals surface area contributed by atoms with Gasteiger partial charge in [0.15, 0.2) is 5.75 Å². The van der Waals surface area contributed by atoms with Gasteiger partial charge in [-0.25, -0.2) is 4.98 Å². The van der Waals surface area contributed by atoms with Gasteiger partial charge in [-0.1, -0.05) is 18.9 Å². The minimum Gasteiger partial charge on any atom is -0.488 e. The third-order valence-corrected chi connectivity index (χ3v) is 8.09. The molecule has 8 heteroatoms. The van der Waals surface area contributed by atoms with Crippen LogP contribution in [0.2, 0.25) is 0 Å². The first-order valence-electron chi connectivity index (χ1n) is 11.3. The zero-order valence-corrected chi connectivity index (χ0v) is 20.0. The van der Waals surface area contributed by atoms with E-state index in [-0.39, 0.29) is 12.2 Å². The number of piperidine rings is 1. The Morgan fingerprint density at radius 1 is 1.13 bits per heavy atom. The largest absolute Gasteiger partial charge is 0.488 e. The minimum absolute atomic E-state index is 0.0616. The smallest absolute Gasteiger partial charge is 0.262 e. The Bertz CT molecular complexity index is 1150. The molecule has 166 valence electrons. The first-order valence-corrected chi connectivity index (χ1v) is 12.9. The van der Waals surface area contributed by atoms with Gasteiger partial charge < -0.3 is 14.7 Å². The van der Waals surface area contributed by atoms with Gasteiger partial charge in [-0.15, -0.1) is 11.3 Å². The average Bonchev–Trinajstić information content (AvgIpc) is 2.96. The molecule has 3 aromatic rings. The molecule has 5 rings (SSSR count). The summed E-state index contributed by atoms with van der Waals surface area (Å²) in [5, 5.41) is 12.1. The lowest BCUT2D eigenvalue weighted by molar-refractivity contribution is 0.0620. The molecule has 1 aromatic carbocycles. The standard InChI is InChI=1S/C23H28BrN3O3S/c24-17-9-8-16-19-22(25-18-7-3-1-6-12-27(18)23(19)29)31-21(16)20(17)30-14-15(28)13-26-10-4-2-5-11-26/h8-9,15,28H,1-7,10-14H2/t15-/m0/s1. The number of aliphatic hydroxyl groups is 1. The Balaban J connectivity index is 1.46. The van der Waals surface area contributed by atoms with Crippen LogP contribution in [-0.4, -0.2) is 51.9 Å². The van der Waals surface area contributed by atoms with Crippen LogP contribution >= 0.6 is 27.3 Å². The van der Waals surface area contributed by atoms with Gasteiger partial charge in [0.2, 0.25) is 0 Å². The predicted molar refractivity (Wildman–Crippen MR) is 128 cm³/mol. The molecule has 2 aliphatic heterocycles. The Hall–Kier alpha value is -1.48. The molecule has 2 aromatic heterocycles. The van der Waals surface area contributed by atoms with Gasteiger partial charge in [0.1, 0.15) is 23.4 Å². The molecular weight excluding hydrogens is 478 g/mol. The summed E-state index contributed by atoms with van der Waals surface area (Å²) < 4.78 is 9.73. The van der Waals surface area contributed by atoms with E-state index in [1.807, 2.05) is 16.7 Å². The molecule has 1 saturated heterocycles.